The number of carbonyl (C=O) groups excluding carboxylic acids is 1. The van der Waals surface area contributed by atoms with Gasteiger partial charge in [-0.2, -0.15) is 5.10 Å². The van der Waals surface area contributed by atoms with Crippen LogP contribution in [0.25, 0.3) is 11.3 Å². The first-order valence-corrected chi connectivity index (χ1v) is 8.67. The normalized spacial score (nSPS) is 10.6. The molecule has 0 N–H and O–H groups in total. The van der Waals surface area contributed by atoms with Gasteiger partial charge in [0.05, 0.1) is 19.3 Å². The molecule has 3 rings (SSSR count). The van der Waals surface area contributed by atoms with Crippen molar-refractivity contribution >= 4 is 22.2 Å². The van der Waals surface area contributed by atoms with E-state index >= 15 is 0 Å². The minimum absolute atomic E-state index is 0.646. The molecular formula is C19H17BrN2O2. The van der Waals surface area contributed by atoms with Crippen molar-refractivity contribution in [2.75, 3.05) is 7.11 Å². The number of aromatic nitrogens is 2. The number of hydrogen-bond donors (Lipinski definition) is 0. The summed E-state index contributed by atoms with van der Waals surface area (Å²) in [6, 6.07) is 17.4. The van der Waals surface area contributed by atoms with Crippen molar-refractivity contribution in [1.29, 1.82) is 0 Å². The fraction of sp³-hybridized carbons (Fsp3) is 0.158. The second-order valence-corrected chi connectivity index (χ2v) is 5.93. The molecule has 0 aliphatic carbocycles. The molecule has 0 bridgehead atoms. The SMILES string of the molecule is COc1ccc(Cn2nc(-c3ccccc3C=O)cc2CBr)cc1. The molecule has 1 heterocycles. The summed E-state index contributed by atoms with van der Waals surface area (Å²) in [6.45, 7) is 0.661. The molecule has 0 radical (unpaired) electrons. The molecule has 3 aromatic rings. The zero-order chi connectivity index (χ0) is 16.9. The predicted octanol–water partition coefficient (Wildman–Crippen LogP) is 4.31. The maximum atomic E-state index is 11.3. The summed E-state index contributed by atoms with van der Waals surface area (Å²) < 4.78 is 7.14. The molecule has 0 unspecified atom stereocenters. The highest BCUT2D eigenvalue weighted by Gasteiger charge is 2.12. The molecule has 0 saturated heterocycles. The van der Waals surface area contributed by atoms with Gasteiger partial charge in [0.15, 0.2) is 6.29 Å². The van der Waals surface area contributed by atoms with Gasteiger partial charge >= 0.3 is 0 Å². The van der Waals surface area contributed by atoms with E-state index in [1.54, 1.807) is 13.2 Å². The zero-order valence-corrected chi connectivity index (χ0v) is 14.9. The second kappa shape index (κ2) is 7.45. The van der Waals surface area contributed by atoms with Crippen LogP contribution in [0.15, 0.2) is 54.6 Å². The van der Waals surface area contributed by atoms with E-state index in [0.29, 0.717) is 17.4 Å². The van der Waals surface area contributed by atoms with Gasteiger partial charge in [0.25, 0.3) is 0 Å². The van der Waals surface area contributed by atoms with Crippen LogP contribution >= 0.6 is 15.9 Å². The summed E-state index contributed by atoms with van der Waals surface area (Å²) in [6.07, 6.45) is 0.867. The van der Waals surface area contributed by atoms with Gasteiger partial charge < -0.3 is 4.74 Å². The Morgan fingerprint density at radius 1 is 1.17 bits per heavy atom. The fourth-order valence-electron chi connectivity index (χ4n) is 2.57. The van der Waals surface area contributed by atoms with Crippen molar-refractivity contribution in [3.63, 3.8) is 0 Å². The van der Waals surface area contributed by atoms with Gasteiger partial charge in [-0.05, 0) is 23.8 Å². The quantitative estimate of drug-likeness (QED) is 0.469. The first-order valence-electron chi connectivity index (χ1n) is 7.55. The number of methoxy groups -OCH3 is 1. The average molecular weight is 385 g/mol. The van der Waals surface area contributed by atoms with Crippen molar-refractivity contribution in [2.45, 2.75) is 11.9 Å². The third kappa shape index (κ3) is 3.41. The molecule has 2 aromatic carbocycles. The van der Waals surface area contributed by atoms with E-state index in [-0.39, 0.29) is 0 Å². The van der Waals surface area contributed by atoms with Crippen LogP contribution in [0, 0.1) is 0 Å². The van der Waals surface area contributed by atoms with Crippen molar-refractivity contribution in [3.8, 4) is 17.0 Å². The zero-order valence-electron chi connectivity index (χ0n) is 13.3. The van der Waals surface area contributed by atoms with Crippen LogP contribution < -0.4 is 4.74 Å². The van der Waals surface area contributed by atoms with Gasteiger partial charge in [0, 0.05) is 22.2 Å². The highest BCUT2D eigenvalue weighted by atomic mass is 79.9. The Morgan fingerprint density at radius 2 is 1.92 bits per heavy atom. The van der Waals surface area contributed by atoms with E-state index in [9.17, 15) is 4.79 Å². The number of alkyl halides is 1. The average Bonchev–Trinajstić information content (AvgIpc) is 3.05. The van der Waals surface area contributed by atoms with Gasteiger partial charge in [0.2, 0.25) is 0 Å². The molecule has 0 fully saturated rings. The number of hydrogen-bond acceptors (Lipinski definition) is 3. The number of benzene rings is 2. The molecule has 0 saturated carbocycles. The summed E-state index contributed by atoms with van der Waals surface area (Å²) in [5.41, 5.74) is 4.49. The van der Waals surface area contributed by atoms with Gasteiger partial charge in [-0.3, -0.25) is 9.48 Å². The summed E-state index contributed by atoms with van der Waals surface area (Å²) in [7, 11) is 1.65. The van der Waals surface area contributed by atoms with E-state index in [1.165, 1.54) is 0 Å². The first-order chi connectivity index (χ1) is 11.7. The van der Waals surface area contributed by atoms with Crippen LogP contribution in [0.4, 0.5) is 0 Å². The van der Waals surface area contributed by atoms with Gasteiger partial charge in [0.1, 0.15) is 5.75 Å². The van der Waals surface area contributed by atoms with Gasteiger partial charge in [-0.1, -0.05) is 52.3 Å². The van der Waals surface area contributed by atoms with Crippen LogP contribution in [0.2, 0.25) is 0 Å². The van der Waals surface area contributed by atoms with E-state index in [2.05, 4.69) is 15.9 Å². The first kappa shape index (κ1) is 16.5. The maximum Gasteiger partial charge on any atom is 0.150 e. The molecule has 0 aliphatic rings. The smallest absolute Gasteiger partial charge is 0.150 e. The number of rotatable bonds is 6. The summed E-state index contributed by atoms with van der Waals surface area (Å²) in [5, 5.41) is 5.39. The lowest BCUT2D eigenvalue weighted by Gasteiger charge is -2.07. The molecule has 0 aliphatic heterocycles. The number of carbonyl (C=O) groups is 1. The minimum atomic E-state index is 0.646. The van der Waals surface area contributed by atoms with Crippen molar-refractivity contribution < 1.29 is 9.53 Å². The summed E-state index contributed by atoms with van der Waals surface area (Å²) in [5.74, 6) is 0.834. The maximum absolute atomic E-state index is 11.3. The predicted molar refractivity (Wildman–Crippen MR) is 97.8 cm³/mol. The van der Waals surface area contributed by atoms with Crippen molar-refractivity contribution in [1.82, 2.24) is 9.78 Å². The lowest BCUT2D eigenvalue weighted by Crippen LogP contribution is -2.05. The van der Waals surface area contributed by atoms with Crippen LogP contribution in [0.5, 0.6) is 5.75 Å². The van der Waals surface area contributed by atoms with E-state index in [1.807, 2.05) is 53.2 Å². The number of halogens is 1. The molecule has 24 heavy (non-hydrogen) atoms. The highest BCUT2D eigenvalue weighted by molar-refractivity contribution is 9.08. The van der Waals surface area contributed by atoms with E-state index in [4.69, 9.17) is 9.84 Å². The van der Waals surface area contributed by atoms with E-state index in [0.717, 1.165) is 34.6 Å². The Hall–Kier alpha value is -2.40. The molecule has 4 nitrogen and oxygen atoms in total. The molecule has 122 valence electrons. The topological polar surface area (TPSA) is 44.1 Å². The Labute approximate surface area is 149 Å². The Morgan fingerprint density at radius 3 is 2.58 bits per heavy atom. The Kier molecular flexibility index (Phi) is 5.11. The lowest BCUT2D eigenvalue weighted by atomic mass is 10.1. The molecule has 0 atom stereocenters. The fourth-order valence-corrected chi connectivity index (χ4v) is 3.02. The molecule has 0 amide bonds. The number of ether oxygens (including phenoxy) is 1. The van der Waals surface area contributed by atoms with E-state index < -0.39 is 0 Å². The standard InChI is InChI=1S/C19H17BrN2O2/c1-24-17-8-6-14(7-9-17)12-22-16(11-20)10-19(21-22)18-5-3-2-4-15(18)13-23/h2-10,13H,11-12H2,1H3. The minimum Gasteiger partial charge on any atom is -0.497 e. The lowest BCUT2D eigenvalue weighted by molar-refractivity contribution is 0.112. The summed E-state index contributed by atoms with van der Waals surface area (Å²) in [4.78, 5) is 11.3. The van der Waals surface area contributed by atoms with Crippen LogP contribution in [-0.4, -0.2) is 23.2 Å². The third-order valence-corrected chi connectivity index (χ3v) is 4.43. The second-order valence-electron chi connectivity index (χ2n) is 5.37. The highest BCUT2D eigenvalue weighted by Crippen LogP contribution is 2.24. The molecule has 5 heteroatoms. The largest absolute Gasteiger partial charge is 0.497 e. The van der Waals surface area contributed by atoms with Crippen molar-refractivity contribution in [3.05, 3.63) is 71.4 Å². The third-order valence-electron chi connectivity index (χ3n) is 3.86. The van der Waals surface area contributed by atoms with Crippen molar-refractivity contribution in [2.24, 2.45) is 0 Å². The number of nitrogens with zero attached hydrogens (tertiary/aromatic N) is 2. The molecule has 0 spiro atoms. The number of aldehydes is 1. The van der Waals surface area contributed by atoms with Gasteiger partial charge in [-0.15, -0.1) is 0 Å². The Balaban J connectivity index is 1.94. The molecular weight excluding hydrogens is 368 g/mol. The van der Waals surface area contributed by atoms with Crippen LogP contribution in [0.3, 0.4) is 0 Å². The Bertz CT molecular complexity index is 841. The molecule has 1 aromatic heterocycles. The van der Waals surface area contributed by atoms with Crippen LogP contribution in [-0.2, 0) is 11.9 Å². The van der Waals surface area contributed by atoms with Gasteiger partial charge in [-0.25, -0.2) is 0 Å². The summed E-state index contributed by atoms with van der Waals surface area (Å²) >= 11 is 3.52. The van der Waals surface area contributed by atoms with Crippen LogP contribution in [0.1, 0.15) is 21.6 Å². The monoisotopic (exact) mass is 384 g/mol.